The molecule has 4 rings (SSSR count). The molecule has 0 unspecified atom stereocenters. The molecule has 0 amide bonds. The van der Waals surface area contributed by atoms with Gasteiger partial charge in [0.05, 0.1) is 6.10 Å². The van der Waals surface area contributed by atoms with Crippen molar-refractivity contribution in [3.8, 4) is 11.8 Å². The highest BCUT2D eigenvalue weighted by molar-refractivity contribution is 5.58. The SMILES string of the molecule is CCOC1CCC2(C=c3ccc(C#CC4CC4)cc3=C2)CC1. The van der Waals surface area contributed by atoms with E-state index in [9.17, 15) is 0 Å². The Kier molecular flexibility index (Phi) is 3.59. The predicted octanol–water partition coefficient (Wildman–Crippen LogP) is 2.99. The van der Waals surface area contributed by atoms with E-state index in [1.54, 1.807) is 0 Å². The van der Waals surface area contributed by atoms with Crippen LogP contribution >= 0.6 is 0 Å². The maximum Gasteiger partial charge on any atom is 0.0575 e. The number of hydrogen-bond acceptors (Lipinski definition) is 1. The van der Waals surface area contributed by atoms with Gasteiger partial charge in [-0.15, -0.1) is 0 Å². The summed E-state index contributed by atoms with van der Waals surface area (Å²) in [5.41, 5.74) is 1.45. The quantitative estimate of drug-likeness (QED) is 0.762. The Hall–Kier alpha value is -1.52. The summed E-state index contributed by atoms with van der Waals surface area (Å²) in [6.07, 6.45) is 12.8. The van der Waals surface area contributed by atoms with Gasteiger partial charge in [0, 0.05) is 23.5 Å². The molecule has 1 aromatic carbocycles. The molecule has 1 aromatic rings. The standard InChI is InChI=1S/C21H24O/c1-2-22-20-9-11-21(12-10-20)14-18-8-7-17(13-19(18)15-21)6-5-16-3-4-16/h7-8,13-16,20H,2-4,9-12H2,1H3. The molecular formula is C21H24O. The molecule has 0 atom stereocenters. The Morgan fingerprint density at radius 1 is 1.09 bits per heavy atom. The minimum Gasteiger partial charge on any atom is -0.379 e. The summed E-state index contributed by atoms with van der Waals surface area (Å²) in [6, 6.07) is 6.72. The van der Waals surface area contributed by atoms with Crippen LogP contribution in [0.1, 0.15) is 51.0 Å². The average molecular weight is 292 g/mol. The second-order valence-electron chi connectivity index (χ2n) is 7.06. The van der Waals surface area contributed by atoms with Crippen LogP contribution < -0.4 is 10.4 Å². The van der Waals surface area contributed by atoms with Crippen LogP contribution in [0.2, 0.25) is 0 Å². The van der Waals surface area contributed by atoms with E-state index in [2.05, 4.69) is 49.1 Å². The maximum atomic E-state index is 5.80. The zero-order valence-electron chi connectivity index (χ0n) is 13.4. The van der Waals surface area contributed by atoms with Crippen molar-refractivity contribution in [1.82, 2.24) is 0 Å². The number of fused-ring (bicyclic) bond motifs is 1. The molecule has 2 saturated carbocycles. The first kappa shape index (κ1) is 14.1. The Bertz CT molecular complexity index is 734. The van der Waals surface area contributed by atoms with E-state index < -0.39 is 0 Å². The van der Waals surface area contributed by atoms with Gasteiger partial charge >= 0.3 is 0 Å². The van der Waals surface area contributed by atoms with Crippen molar-refractivity contribution < 1.29 is 4.74 Å². The molecular weight excluding hydrogens is 268 g/mol. The largest absolute Gasteiger partial charge is 0.379 e. The van der Waals surface area contributed by atoms with E-state index in [0.29, 0.717) is 12.0 Å². The van der Waals surface area contributed by atoms with Crippen molar-refractivity contribution in [2.75, 3.05) is 6.61 Å². The highest BCUT2D eigenvalue weighted by Gasteiger charge is 2.33. The Labute approximate surface area is 133 Å². The Morgan fingerprint density at radius 2 is 1.86 bits per heavy atom. The summed E-state index contributed by atoms with van der Waals surface area (Å²) in [5.74, 6) is 7.38. The topological polar surface area (TPSA) is 9.23 Å². The van der Waals surface area contributed by atoms with E-state index in [1.165, 1.54) is 54.5 Å². The molecule has 3 aliphatic carbocycles. The molecule has 0 bridgehead atoms. The van der Waals surface area contributed by atoms with Crippen LogP contribution in [-0.2, 0) is 4.74 Å². The first-order chi connectivity index (χ1) is 10.8. The van der Waals surface area contributed by atoms with Gasteiger partial charge in [-0.2, -0.15) is 0 Å². The molecule has 0 heterocycles. The van der Waals surface area contributed by atoms with Crippen molar-refractivity contribution in [3.05, 3.63) is 34.2 Å². The lowest BCUT2D eigenvalue weighted by Crippen LogP contribution is -2.27. The fraction of sp³-hybridized carbons (Fsp3) is 0.524. The average Bonchev–Trinajstić information content (AvgIpc) is 3.29. The van der Waals surface area contributed by atoms with Crippen LogP contribution in [0, 0.1) is 23.2 Å². The van der Waals surface area contributed by atoms with Crippen molar-refractivity contribution in [1.29, 1.82) is 0 Å². The Balaban J connectivity index is 1.56. The second kappa shape index (κ2) is 5.60. The molecule has 0 aromatic heterocycles. The smallest absolute Gasteiger partial charge is 0.0575 e. The van der Waals surface area contributed by atoms with Crippen LogP contribution in [0.3, 0.4) is 0 Å². The predicted molar refractivity (Wildman–Crippen MR) is 90.5 cm³/mol. The lowest BCUT2D eigenvalue weighted by Gasteiger charge is -2.34. The van der Waals surface area contributed by atoms with Gasteiger partial charge in [0.2, 0.25) is 0 Å². The zero-order chi connectivity index (χ0) is 15.0. The second-order valence-corrected chi connectivity index (χ2v) is 7.06. The van der Waals surface area contributed by atoms with Crippen molar-refractivity contribution in [2.45, 2.75) is 51.6 Å². The van der Waals surface area contributed by atoms with Gasteiger partial charge in [-0.25, -0.2) is 0 Å². The Morgan fingerprint density at radius 3 is 2.59 bits per heavy atom. The van der Waals surface area contributed by atoms with E-state index in [0.717, 1.165) is 6.61 Å². The maximum absolute atomic E-state index is 5.80. The van der Waals surface area contributed by atoms with Crippen LogP contribution in [0.5, 0.6) is 0 Å². The van der Waals surface area contributed by atoms with E-state index >= 15 is 0 Å². The van der Waals surface area contributed by atoms with Gasteiger partial charge in [0.25, 0.3) is 0 Å². The summed E-state index contributed by atoms with van der Waals surface area (Å²) in [5, 5.41) is 2.78. The normalized spacial score (nSPS) is 29.2. The molecule has 1 spiro atoms. The van der Waals surface area contributed by atoms with Gasteiger partial charge in [-0.05, 0) is 68.0 Å². The molecule has 0 radical (unpaired) electrons. The van der Waals surface area contributed by atoms with Gasteiger partial charge < -0.3 is 4.74 Å². The molecule has 3 aliphatic rings. The summed E-state index contributed by atoms with van der Waals surface area (Å²) in [6.45, 7) is 2.94. The molecule has 1 nitrogen and oxygen atoms in total. The fourth-order valence-corrected chi connectivity index (χ4v) is 3.80. The van der Waals surface area contributed by atoms with E-state index in [-0.39, 0.29) is 5.41 Å². The van der Waals surface area contributed by atoms with Crippen LogP contribution in [-0.4, -0.2) is 12.7 Å². The minimum atomic E-state index is 0.276. The third-order valence-electron chi connectivity index (χ3n) is 5.24. The van der Waals surface area contributed by atoms with Crippen molar-refractivity contribution >= 4 is 12.2 Å². The number of hydrogen-bond donors (Lipinski definition) is 0. The summed E-state index contributed by atoms with van der Waals surface area (Å²) in [4.78, 5) is 0. The third kappa shape index (κ3) is 2.85. The zero-order valence-corrected chi connectivity index (χ0v) is 13.4. The number of ether oxygens (including phenoxy) is 1. The van der Waals surface area contributed by atoms with Gasteiger partial charge in [0.1, 0.15) is 0 Å². The summed E-state index contributed by atoms with van der Waals surface area (Å²) < 4.78 is 5.80. The minimum absolute atomic E-state index is 0.276. The van der Waals surface area contributed by atoms with E-state index in [4.69, 9.17) is 4.74 Å². The van der Waals surface area contributed by atoms with Crippen LogP contribution in [0.4, 0.5) is 0 Å². The van der Waals surface area contributed by atoms with Gasteiger partial charge in [-0.3, -0.25) is 0 Å². The fourth-order valence-electron chi connectivity index (χ4n) is 3.80. The number of rotatable bonds is 2. The van der Waals surface area contributed by atoms with Crippen molar-refractivity contribution in [2.24, 2.45) is 11.3 Å². The van der Waals surface area contributed by atoms with Crippen molar-refractivity contribution in [3.63, 3.8) is 0 Å². The molecule has 114 valence electrons. The summed E-state index contributed by atoms with van der Waals surface area (Å²) >= 11 is 0. The van der Waals surface area contributed by atoms with Gasteiger partial charge in [0.15, 0.2) is 0 Å². The lowest BCUT2D eigenvalue weighted by atomic mass is 9.74. The molecule has 0 aliphatic heterocycles. The summed E-state index contributed by atoms with van der Waals surface area (Å²) in [7, 11) is 0. The molecule has 0 N–H and O–H groups in total. The lowest BCUT2D eigenvalue weighted by molar-refractivity contribution is 0.0253. The monoisotopic (exact) mass is 292 g/mol. The molecule has 1 heteroatoms. The van der Waals surface area contributed by atoms with Crippen LogP contribution in [0.25, 0.3) is 12.2 Å². The molecule has 22 heavy (non-hydrogen) atoms. The number of benzene rings is 1. The van der Waals surface area contributed by atoms with Gasteiger partial charge in [-0.1, -0.05) is 30.1 Å². The third-order valence-corrected chi connectivity index (χ3v) is 5.24. The molecule has 2 fully saturated rings. The first-order valence-corrected chi connectivity index (χ1v) is 8.75. The molecule has 0 saturated heterocycles. The van der Waals surface area contributed by atoms with Crippen LogP contribution in [0.15, 0.2) is 18.2 Å². The first-order valence-electron chi connectivity index (χ1n) is 8.75. The highest BCUT2D eigenvalue weighted by atomic mass is 16.5. The van der Waals surface area contributed by atoms with E-state index in [1.807, 2.05) is 0 Å². The highest BCUT2D eigenvalue weighted by Crippen LogP contribution is 2.41.